The van der Waals surface area contributed by atoms with Crippen molar-refractivity contribution >= 4 is 23.4 Å². The van der Waals surface area contributed by atoms with Crippen molar-refractivity contribution in [3.63, 3.8) is 0 Å². The summed E-state index contributed by atoms with van der Waals surface area (Å²) >= 11 is 0. The summed E-state index contributed by atoms with van der Waals surface area (Å²) in [5, 5.41) is 2.87. The number of piperidine rings is 1. The first-order chi connectivity index (χ1) is 18.3. The van der Waals surface area contributed by atoms with Crippen molar-refractivity contribution in [2.45, 2.75) is 31.7 Å². The normalized spacial score (nSPS) is 16.5. The standard InChI is InChI=1S/C28H26F3N3O4/c29-28(30,31)20-7-6-19-18-37-27(36)34(25(19)16-20)22-12-14-33(15-13-22)17-26(35)32-21-8-10-24(11-9-21)38-23-4-2-1-3-5-23/h1-11,16,22H,12-15,17-18H2,(H,32,35). The van der Waals surface area contributed by atoms with Crippen LogP contribution in [0.1, 0.15) is 24.0 Å². The van der Waals surface area contributed by atoms with Gasteiger partial charge in [-0.05, 0) is 61.4 Å². The Balaban J connectivity index is 1.15. The van der Waals surface area contributed by atoms with Crippen LogP contribution in [-0.2, 0) is 22.3 Å². The van der Waals surface area contributed by atoms with Gasteiger partial charge in [-0.15, -0.1) is 0 Å². The summed E-state index contributed by atoms with van der Waals surface area (Å²) in [4.78, 5) is 28.5. The number of carbonyl (C=O) groups is 2. The highest BCUT2D eigenvalue weighted by Crippen LogP contribution is 2.37. The third kappa shape index (κ3) is 5.91. The Morgan fingerprint density at radius 3 is 2.34 bits per heavy atom. The summed E-state index contributed by atoms with van der Waals surface area (Å²) in [6.07, 6.45) is -4.14. The van der Waals surface area contributed by atoms with Crippen molar-refractivity contribution in [1.29, 1.82) is 0 Å². The van der Waals surface area contributed by atoms with Gasteiger partial charge in [-0.25, -0.2) is 4.79 Å². The third-order valence-corrected chi connectivity index (χ3v) is 6.63. The smallest absolute Gasteiger partial charge is 0.416 e. The molecule has 2 aliphatic heterocycles. The summed E-state index contributed by atoms with van der Waals surface area (Å²) in [5.41, 5.74) is 0.620. The fourth-order valence-corrected chi connectivity index (χ4v) is 4.71. The van der Waals surface area contributed by atoms with Crippen LogP contribution in [-0.4, -0.2) is 42.6 Å². The molecule has 2 heterocycles. The van der Waals surface area contributed by atoms with E-state index in [1.807, 2.05) is 35.2 Å². The average molecular weight is 526 g/mol. The monoisotopic (exact) mass is 525 g/mol. The summed E-state index contributed by atoms with van der Waals surface area (Å²) < 4.78 is 50.8. The minimum absolute atomic E-state index is 0.0544. The molecule has 0 aromatic heterocycles. The van der Waals surface area contributed by atoms with Gasteiger partial charge in [0.05, 0.1) is 17.8 Å². The van der Waals surface area contributed by atoms with Gasteiger partial charge in [0.1, 0.15) is 18.1 Å². The van der Waals surface area contributed by atoms with Crippen LogP contribution in [0.5, 0.6) is 11.5 Å². The summed E-state index contributed by atoms with van der Waals surface area (Å²) in [6.45, 7) is 1.13. The predicted octanol–water partition coefficient (Wildman–Crippen LogP) is 6.06. The van der Waals surface area contributed by atoms with Crippen LogP contribution in [0.25, 0.3) is 0 Å². The molecule has 1 fully saturated rings. The summed E-state index contributed by atoms with van der Waals surface area (Å²) in [5.74, 6) is 1.18. The Morgan fingerprint density at radius 2 is 1.66 bits per heavy atom. The zero-order valence-corrected chi connectivity index (χ0v) is 20.4. The van der Waals surface area contributed by atoms with Crippen molar-refractivity contribution < 1.29 is 32.2 Å². The highest BCUT2D eigenvalue weighted by molar-refractivity contribution is 5.92. The molecular formula is C28H26F3N3O4. The molecule has 3 aromatic carbocycles. The number of likely N-dealkylation sites (tertiary alicyclic amines) is 1. The molecular weight excluding hydrogens is 499 g/mol. The van der Waals surface area contributed by atoms with E-state index >= 15 is 0 Å². The van der Waals surface area contributed by atoms with Crippen LogP contribution in [0.4, 0.5) is 29.3 Å². The SMILES string of the molecule is O=C(CN1CCC(N2C(=O)OCc3ccc(C(F)(F)F)cc32)CC1)Nc1ccc(Oc2ccccc2)cc1. The van der Waals surface area contributed by atoms with Crippen LogP contribution in [0.3, 0.4) is 0 Å². The van der Waals surface area contributed by atoms with E-state index in [9.17, 15) is 22.8 Å². The summed E-state index contributed by atoms with van der Waals surface area (Å²) in [7, 11) is 0. The van der Waals surface area contributed by atoms with Gasteiger partial charge in [0.15, 0.2) is 0 Å². The number of halogens is 3. The first-order valence-electron chi connectivity index (χ1n) is 12.3. The highest BCUT2D eigenvalue weighted by atomic mass is 19.4. The quantitative estimate of drug-likeness (QED) is 0.424. The lowest BCUT2D eigenvalue weighted by Crippen LogP contribution is -2.50. The molecule has 2 aliphatic rings. The maximum absolute atomic E-state index is 13.3. The Labute approximate surface area is 217 Å². The van der Waals surface area contributed by atoms with Gasteiger partial charge in [0, 0.05) is 30.4 Å². The number of carbonyl (C=O) groups excluding carboxylic acids is 2. The zero-order valence-electron chi connectivity index (χ0n) is 20.4. The number of anilines is 2. The number of nitrogens with zero attached hydrogens (tertiary/aromatic N) is 2. The Morgan fingerprint density at radius 1 is 0.974 bits per heavy atom. The molecule has 10 heteroatoms. The Hall–Kier alpha value is -4.05. The highest BCUT2D eigenvalue weighted by Gasteiger charge is 2.37. The number of hydrogen-bond acceptors (Lipinski definition) is 5. The molecule has 0 spiro atoms. The molecule has 0 aliphatic carbocycles. The van der Waals surface area contributed by atoms with E-state index in [0.29, 0.717) is 42.9 Å². The van der Waals surface area contributed by atoms with Gasteiger partial charge in [0.2, 0.25) is 5.91 Å². The number of cyclic esters (lactones) is 1. The topological polar surface area (TPSA) is 71.1 Å². The number of fused-ring (bicyclic) bond motifs is 1. The molecule has 0 saturated carbocycles. The maximum Gasteiger partial charge on any atom is 0.416 e. The fraction of sp³-hybridized carbons (Fsp3) is 0.286. The molecule has 3 aromatic rings. The second-order valence-electron chi connectivity index (χ2n) is 9.26. The molecule has 0 radical (unpaired) electrons. The van der Waals surface area contributed by atoms with Crippen molar-refractivity contribution in [3.05, 3.63) is 83.9 Å². The minimum Gasteiger partial charge on any atom is -0.457 e. The molecule has 0 unspecified atom stereocenters. The second-order valence-corrected chi connectivity index (χ2v) is 9.26. The molecule has 38 heavy (non-hydrogen) atoms. The zero-order chi connectivity index (χ0) is 26.7. The third-order valence-electron chi connectivity index (χ3n) is 6.63. The molecule has 0 atom stereocenters. The predicted molar refractivity (Wildman–Crippen MR) is 135 cm³/mol. The second kappa shape index (κ2) is 10.7. The van der Waals surface area contributed by atoms with Crippen LogP contribution in [0.2, 0.25) is 0 Å². The Bertz CT molecular complexity index is 1290. The van der Waals surface area contributed by atoms with Crippen LogP contribution in [0, 0.1) is 0 Å². The van der Waals surface area contributed by atoms with Crippen molar-refractivity contribution in [1.82, 2.24) is 4.90 Å². The molecule has 7 nitrogen and oxygen atoms in total. The van der Waals surface area contributed by atoms with Gasteiger partial charge >= 0.3 is 12.3 Å². The van der Waals surface area contributed by atoms with E-state index in [-0.39, 0.29) is 30.8 Å². The number of nitrogens with one attached hydrogen (secondary N) is 1. The number of para-hydroxylation sites is 1. The minimum atomic E-state index is -4.51. The van der Waals surface area contributed by atoms with Crippen LogP contribution >= 0.6 is 0 Å². The first-order valence-corrected chi connectivity index (χ1v) is 12.3. The lowest BCUT2D eigenvalue weighted by atomic mass is 9.99. The van der Waals surface area contributed by atoms with E-state index < -0.39 is 17.8 Å². The summed E-state index contributed by atoms with van der Waals surface area (Å²) in [6, 6.07) is 19.5. The number of ether oxygens (including phenoxy) is 2. The molecule has 5 rings (SSSR count). The Kier molecular flexibility index (Phi) is 7.24. The number of alkyl halides is 3. The van der Waals surface area contributed by atoms with Crippen molar-refractivity contribution in [2.24, 2.45) is 0 Å². The number of hydrogen-bond donors (Lipinski definition) is 1. The van der Waals surface area contributed by atoms with Gasteiger partial charge in [0.25, 0.3) is 0 Å². The lowest BCUT2D eigenvalue weighted by Gasteiger charge is -2.40. The molecule has 0 bridgehead atoms. The fourth-order valence-electron chi connectivity index (χ4n) is 4.71. The van der Waals surface area contributed by atoms with E-state index in [1.54, 1.807) is 24.3 Å². The molecule has 1 N–H and O–H groups in total. The molecule has 1 saturated heterocycles. The average Bonchev–Trinajstić information content (AvgIpc) is 2.90. The van der Waals surface area contributed by atoms with Gasteiger partial charge < -0.3 is 14.8 Å². The van der Waals surface area contributed by atoms with Crippen LogP contribution in [0.15, 0.2) is 72.8 Å². The van der Waals surface area contributed by atoms with E-state index in [4.69, 9.17) is 9.47 Å². The first kappa shape index (κ1) is 25.6. The molecule has 2 amide bonds. The maximum atomic E-state index is 13.3. The lowest BCUT2D eigenvalue weighted by molar-refractivity contribution is -0.137. The molecule has 198 valence electrons. The van der Waals surface area contributed by atoms with Gasteiger partial charge in [-0.3, -0.25) is 14.6 Å². The van der Waals surface area contributed by atoms with E-state index in [0.717, 1.165) is 17.9 Å². The van der Waals surface area contributed by atoms with Crippen molar-refractivity contribution in [3.8, 4) is 11.5 Å². The van der Waals surface area contributed by atoms with E-state index in [2.05, 4.69) is 5.32 Å². The van der Waals surface area contributed by atoms with Gasteiger partial charge in [-0.2, -0.15) is 13.2 Å². The van der Waals surface area contributed by atoms with Crippen molar-refractivity contribution in [2.75, 3.05) is 29.9 Å². The number of amides is 2. The number of rotatable bonds is 6. The van der Waals surface area contributed by atoms with Crippen LogP contribution < -0.4 is 15.0 Å². The van der Waals surface area contributed by atoms with Gasteiger partial charge in [-0.1, -0.05) is 24.3 Å². The largest absolute Gasteiger partial charge is 0.457 e. The van der Waals surface area contributed by atoms with E-state index in [1.165, 1.54) is 11.0 Å². The number of benzene rings is 3.